The predicted octanol–water partition coefficient (Wildman–Crippen LogP) is 1.54. The van der Waals surface area contributed by atoms with Gasteiger partial charge in [0, 0.05) is 12.6 Å². The van der Waals surface area contributed by atoms with Crippen molar-refractivity contribution in [1.29, 1.82) is 0 Å². The molecule has 0 saturated carbocycles. The largest absolute Gasteiger partial charge is 0.378 e. The molecule has 3 rings (SSSR count). The van der Waals surface area contributed by atoms with E-state index in [9.17, 15) is 19.8 Å². The first-order valence-electron chi connectivity index (χ1n) is 9.73. The van der Waals surface area contributed by atoms with Gasteiger partial charge in [-0.15, -0.1) is 12.4 Å². The van der Waals surface area contributed by atoms with E-state index in [4.69, 9.17) is 0 Å². The second-order valence-electron chi connectivity index (χ2n) is 7.33. The molecule has 8 heteroatoms. The number of aliphatic hydroxyl groups excluding tert-OH is 2. The van der Waals surface area contributed by atoms with Gasteiger partial charge in [-0.1, -0.05) is 26.0 Å². The predicted molar refractivity (Wildman–Crippen MR) is 108 cm³/mol. The van der Waals surface area contributed by atoms with E-state index in [1.165, 1.54) is 4.90 Å². The third-order valence-electron chi connectivity index (χ3n) is 5.86. The maximum atomic E-state index is 12.8. The lowest BCUT2D eigenvalue weighted by Crippen LogP contribution is -2.62. The van der Waals surface area contributed by atoms with Crippen LogP contribution in [0.15, 0.2) is 24.3 Å². The van der Waals surface area contributed by atoms with Crippen LogP contribution in [-0.4, -0.2) is 80.9 Å². The van der Waals surface area contributed by atoms with Crippen molar-refractivity contribution < 1.29 is 19.8 Å². The number of carbonyl (C=O) groups excluding carboxylic acids is 2. The van der Waals surface area contributed by atoms with Gasteiger partial charge in [0.25, 0.3) is 11.8 Å². The number of benzene rings is 1. The molecule has 1 aromatic rings. The molecule has 7 nitrogen and oxygen atoms in total. The van der Waals surface area contributed by atoms with Gasteiger partial charge in [-0.25, -0.2) is 4.90 Å². The molecular formula is C20H30ClN3O4. The van der Waals surface area contributed by atoms with Gasteiger partial charge in [0.05, 0.1) is 17.2 Å². The molecule has 2 N–H and O–H groups in total. The van der Waals surface area contributed by atoms with Gasteiger partial charge < -0.3 is 10.2 Å². The first kappa shape index (κ1) is 22.8. The molecule has 1 saturated heterocycles. The number of fused-ring (bicyclic) bond motifs is 1. The third-order valence-corrected chi connectivity index (χ3v) is 5.86. The standard InChI is InChI=1S/C20H29N3O4.ClH/c1-4-21(5-2)13(3)12-22-17(24)11-10-16(20(22)27)23-18(25)14-8-6-7-9-15(14)19(23)26;/h6-9,13,16-17,20,24,27H,4-5,10-12H2,1-3H3;1H. The zero-order valence-electron chi connectivity index (χ0n) is 16.6. The fourth-order valence-electron chi connectivity index (χ4n) is 4.30. The van der Waals surface area contributed by atoms with E-state index in [1.807, 2.05) is 0 Å². The van der Waals surface area contributed by atoms with Crippen LogP contribution in [0.3, 0.4) is 0 Å². The van der Waals surface area contributed by atoms with Crippen molar-refractivity contribution in [2.24, 2.45) is 0 Å². The van der Waals surface area contributed by atoms with E-state index < -0.39 is 18.5 Å². The highest BCUT2D eigenvalue weighted by Crippen LogP contribution is 2.32. The Hall–Kier alpha value is -1.51. The first-order chi connectivity index (χ1) is 12.9. The molecule has 0 radical (unpaired) electrons. The van der Waals surface area contributed by atoms with Crippen LogP contribution in [0.2, 0.25) is 0 Å². The highest BCUT2D eigenvalue weighted by atomic mass is 35.5. The molecule has 0 aromatic heterocycles. The quantitative estimate of drug-likeness (QED) is 0.691. The van der Waals surface area contributed by atoms with Crippen molar-refractivity contribution in [2.45, 2.75) is 58.2 Å². The third kappa shape index (κ3) is 3.95. The fraction of sp³-hybridized carbons (Fsp3) is 0.600. The summed E-state index contributed by atoms with van der Waals surface area (Å²) in [5, 5.41) is 21.4. The van der Waals surface area contributed by atoms with Gasteiger partial charge in [-0.2, -0.15) is 0 Å². The number of likely N-dealkylation sites (N-methyl/N-ethyl adjacent to an activating group) is 1. The van der Waals surface area contributed by atoms with E-state index in [0.29, 0.717) is 30.5 Å². The summed E-state index contributed by atoms with van der Waals surface area (Å²) in [5.41, 5.74) is 0.757. The van der Waals surface area contributed by atoms with Crippen molar-refractivity contribution in [3.8, 4) is 0 Å². The van der Waals surface area contributed by atoms with Crippen LogP contribution in [0.5, 0.6) is 0 Å². The molecule has 2 aliphatic heterocycles. The minimum atomic E-state index is -1.09. The normalized spacial score (nSPS) is 26.4. The molecule has 156 valence electrons. The SMILES string of the molecule is CCN(CC)C(C)CN1C(O)CCC(N2C(=O)c3ccccc3C2=O)C1O.Cl. The Morgan fingerprint density at radius 2 is 1.61 bits per heavy atom. The Morgan fingerprint density at radius 1 is 1.07 bits per heavy atom. The Labute approximate surface area is 172 Å². The Kier molecular flexibility index (Phi) is 7.59. The summed E-state index contributed by atoms with van der Waals surface area (Å²) in [4.78, 5) is 30.6. The van der Waals surface area contributed by atoms with Gasteiger partial charge in [0.2, 0.25) is 0 Å². The molecule has 28 heavy (non-hydrogen) atoms. The van der Waals surface area contributed by atoms with Crippen LogP contribution >= 0.6 is 12.4 Å². The molecule has 2 heterocycles. The second kappa shape index (κ2) is 9.33. The monoisotopic (exact) mass is 411 g/mol. The minimum absolute atomic E-state index is 0. The van der Waals surface area contributed by atoms with Crippen LogP contribution in [-0.2, 0) is 0 Å². The molecule has 4 unspecified atom stereocenters. The van der Waals surface area contributed by atoms with Crippen LogP contribution in [0.4, 0.5) is 0 Å². The number of halogens is 1. The van der Waals surface area contributed by atoms with E-state index in [1.54, 1.807) is 29.2 Å². The molecule has 4 atom stereocenters. The van der Waals surface area contributed by atoms with Crippen molar-refractivity contribution in [2.75, 3.05) is 19.6 Å². The molecule has 0 aliphatic carbocycles. The molecule has 0 bridgehead atoms. The average molecular weight is 412 g/mol. The number of nitrogens with zero attached hydrogens (tertiary/aromatic N) is 3. The van der Waals surface area contributed by atoms with E-state index in [2.05, 4.69) is 25.7 Å². The number of rotatable bonds is 6. The fourth-order valence-corrected chi connectivity index (χ4v) is 4.30. The van der Waals surface area contributed by atoms with Crippen LogP contribution in [0, 0.1) is 0 Å². The number of likely N-dealkylation sites (tertiary alicyclic amines) is 1. The molecule has 1 fully saturated rings. The lowest BCUT2D eigenvalue weighted by atomic mass is 9.99. The Morgan fingerprint density at radius 3 is 2.11 bits per heavy atom. The summed E-state index contributed by atoms with van der Waals surface area (Å²) in [6, 6.07) is 6.20. The number of hydrogen-bond donors (Lipinski definition) is 2. The number of amides is 2. The van der Waals surface area contributed by atoms with Crippen LogP contribution in [0.1, 0.15) is 54.3 Å². The van der Waals surface area contributed by atoms with E-state index in [-0.39, 0.29) is 30.3 Å². The summed E-state index contributed by atoms with van der Waals surface area (Å²) in [7, 11) is 0. The van der Waals surface area contributed by atoms with Gasteiger partial charge >= 0.3 is 0 Å². The Bertz CT molecular complexity index is 677. The topological polar surface area (TPSA) is 84.3 Å². The molecule has 1 aromatic carbocycles. The molecule has 2 aliphatic rings. The lowest BCUT2D eigenvalue weighted by Gasteiger charge is -2.45. The zero-order chi connectivity index (χ0) is 19.7. The van der Waals surface area contributed by atoms with Crippen LogP contribution in [0.25, 0.3) is 0 Å². The van der Waals surface area contributed by atoms with Crippen molar-refractivity contribution in [3.63, 3.8) is 0 Å². The Balaban J connectivity index is 0.00000280. The van der Waals surface area contributed by atoms with E-state index >= 15 is 0 Å². The lowest BCUT2D eigenvalue weighted by molar-refractivity contribution is -0.160. The van der Waals surface area contributed by atoms with Crippen molar-refractivity contribution in [3.05, 3.63) is 35.4 Å². The van der Waals surface area contributed by atoms with Crippen molar-refractivity contribution >= 4 is 24.2 Å². The number of aliphatic hydroxyl groups is 2. The number of carbonyl (C=O) groups is 2. The summed E-state index contributed by atoms with van der Waals surface area (Å²) in [5.74, 6) is -0.736. The summed E-state index contributed by atoms with van der Waals surface area (Å²) in [6.45, 7) is 8.41. The summed E-state index contributed by atoms with van der Waals surface area (Å²) < 4.78 is 0. The van der Waals surface area contributed by atoms with Gasteiger partial charge in [0.15, 0.2) is 0 Å². The van der Waals surface area contributed by atoms with Crippen LogP contribution < -0.4 is 0 Å². The van der Waals surface area contributed by atoms with Crippen molar-refractivity contribution in [1.82, 2.24) is 14.7 Å². The highest BCUT2D eigenvalue weighted by Gasteiger charge is 2.47. The smallest absolute Gasteiger partial charge is 0.261 e. The summed E-state index contributed by atoms with van der Waals surface area (Å²) >= 11 is 0. The van der Waals surface area contributed by atoms with Gasteiger partial charge in [0.1, 0.15) is 12.5 Å². The first-order valence-corrected chi connectivity index (χ1v) is 9.73. The highest BCUT2D eigenvalue weighted by molar-refractivity contribution is 6.21. The zero-order valence-corrected chi connectivity index (χ0v) is 17.4. The molecule has 0 spiro atoms. The molecule has 2 amide bonds. The van der Waals surface area contributed by atoms with Gasteiger partial charge in [-0.05, 0) is 45.0 Å². The maximum absolute atomic E-state index is 12.8. The summed E-state index contributed by atoms with van der Waals surface area (Å²) in [6.07, 6.45) is -1.09. The number of hydrogen-bond acceptors (Lipinski definition) is 6. The second-order valence-corrected chi connectivity index (χ2v) is 7.33. The minimum Gasteiger partial charge on any atom is -0.378 e. The molecular weight excluding hydrogens is 382 g/mol. The maximum Gasteiger partial charge on any atom is 0.261 e. The number of imide groups is 1. The number of piperidine rings is 1. The van der Waals surface area contributed by atoms with Gasteiger partial charge in [-0.3, -0.25) is 19.4 Å². The average Bonchev–Trinajstić information content (AvgIpc) is 2.91. The van der Waals surface area contributed by atoms with E-state index in [0.717, 1.165) is 13.1 Å².